The maximum absolute atomic E-state index is 11.5. The van der Waals surface area contributed by atoms with Crippen LogP contribution in [0.25, 0.3) is 6.08 Å². The van der Waals surface area contributed by atoms with E-state index < -0.39 is 0 Å². The Balaban J connectivity index is 1.85. The summed E-state index contributed by atoms with van der Waals surface area (Å²) in [6.45, 7) is 0. The predicted octanol–water partition coefficient (Wildman–Crippen LogP) is 3.78. The summed E-state index contributed by atoms with van der Waals surface area (Å²) in [5, 5.41) is 4.09. The molecule has 0 spiro atoms. The Kier molecular flexibility index (Phi) is 3.15. The molecule has 3 rings (SSSR count). The Labute approximate surface area is 110 Å². The minimum absolute atomic E-state index is 0.107. The van der Waals surface area contributed by atoms with E-state index in [9.17, 15) is 4.79 Å². The second-order valence-electron chi connectivity index (χ2n) is 4.60. The number of cyclic esters (lactones) is 1. The molecule has 1 aromatic heterocycles. The van der Waals surface area contributed by atoms with Crippen LogP contribution in [-0.4, -0.2) is 5.97 Å². The second kappa shape index (κ2) is 4.94. The first-order valence-electron chi connectivity index (χ1n) is 6.11. The smallest absolute Gasteiger partial charge is 0.311 e. The molecule has 0 amide bonds. The van der Waals surface area contributed by atoms with Gasteiger partial charge in [-0.15, -0.1) is 0 Å². The molecular weight excluding hydrogens is 244 g/mol. The molecule has 2 aliphatic rings. The van der Waals surface area contributed by atoms with Crippen LogP contribution in [0.1, 0.15) is 18.4 Å². The molecule has 1 aromatic rings. The summed E-state index contributed by atoms with van der Waals surface area (Å²) < 4.78 is 5.37. The third kappa shape index (κ3) is 2.31. The fourth-order valence-corrected chi connectivity index (χ4v) is 3.07. The number of hydrogen-bond donors (Lipinski definition) is 0. The van der Waals surface area contributed by atoms with Gasteiger partial charge in [0.1, 0.15) is 5.76 Å². The maximum Gasteiger partial charge on any atom is 0.311 e. The van der Waals surface area contributed by atoms with Crippen LogP contribution in [0.5, 0.6) is 0 Å². The summed E-state index contributed by atoms with van der Waals surface area (Å²) >= 11 is 1.65. The minimum atomic E-state index is -0.107. The molecule has 0 N–H and O–H groups in total. The van der Waals surface area contributed by atoms with Gasteiger partial charge >= 0.3 is 5.97 Å². The van der Waals surface area contributed by atoms with E-state index in [1.807, 2.05) is 17.5 Å². The van der Waals surface area contributed by atoms with Crippen LogP contribution < -0.4 is 0 Å². The average molecular weight is 258 g/mol. The Bertz CT molecular complexity index is 523. The van der Waals surface area contributed by atoms with Crippen LogP contribution in [0.15, 0.2) is 46.9 Å². The molecule has 2 heterocycles. The fraction of sp³-hybridized carbons (Fsp3) is 0.267. The maximum atomic E-state index is 11.5. The van der Waals surface area contributed by atoms with E-state index in [1.54, 1.807) is 11.3 Å². The second-order valence-corrected chi connectivity index (χ2v) is 5.38. The molecule has 0 radical (unpaired) electrons. The highest BCUT2D eigenvalue weighted by atomic mass is 32.1. The van der Waals surface area contributed by atoms with Crippen LogP contribution in [-0.2, 0) is 9.53 Å². The third-order valence-electron chi connectivity index (χ3n) is 3.37. The number of hydrogen-bond acceptors (Lipinski definition) is 3. The lowest BCUT2D eigenvalue weighted by molar-refractivity contribution is -0.135. The van der Waals surface area contributed by atoms with E-state index in [0.717, 1.165) is 17.7 Å². The van der Waals surface area contributed by atoms with Crippen LogP contribution in [0, 0.1) is 11.8 Å². The van der Waals surface area contributed by atoms with Crippen molar-refractivity contribution in [3.05, 3.63) is 52.5 Å². The summed E-state index contributed by atoms with van der Waals surface area (Å²) in [6, 6.07) is 2.04. The first-order valence-corrected chi connectivity index (χ1v) is 7.05. The zero-order valence-corrected chi connectivity index (χ0v) is 10.7. The lowest BCUT2D eigenvalue weighted by Crippen LogP contribution is -2.12. The summed E-state index contributed by atoms with van der Waals surface area (Å²) in [5.41, 5.74) is 1.12. The standard InChI is InChI=1S/C15H14O2S/c16-15-9-13(12-4-2-1-3-5-12)14(17-15)8-11-6-7-18-10-11/h1-4,6-8,10,12-13H,5,9H2/b14-8-. The van der Waals surface area contributed by atoms with Gasteiger partial charge in [0.2, 0.25) is 0 Å². The van der Waals surface area contributed by atoms with Crippen molar-refractivity contribution in [3.63, 3.8) is 0 Å². The van der Waals surface area contributed by atoms with E-state index in [1.165, 1.54) is 0 Å². The van der Waals surface area contributed by atoms with Crippen LogP contribution in [0.3, 0.4) is 0 Å². The predicted molar refractivity (Wildman–Crippen MR) is 72.9 cm³/mol. The van der Waals surface area contributed by atoms with Gasteiger partial charge in [-0.05, 0) is 40.8 Å². The number of carbonyl (C=O) groups excluding carboxylic acids is 1. The molecule has 92 valence electrons. The van der Waals surface area contributed by atoms with Crippen molar-refractivity contribution in [2.75, 3.05) is 0 Å². The highest BCUT2D eigenvalue weighted by Gasteiger charge is 2.34. The summed E-state index contributed by atoms with van der Waals surface area (Å²) in [4.78, 5) is 11.5. The van der Waals surface area contributed by atoms with Gasteiger partial charge in [0.05, 0.1) is 6.42 Å². The monoisotopic (exact) mass is 258 g/mol. The van der Waals surface area contributed by atoms with Gasteiger partial charge in [0, 0.05) is 5.92 Å². The molecule has 0 bridgehead atoms. The molecule has 0 saturated carbocycles. The number of ether oxygens (including phenoxy) is 1. The molecule has 2 atom stereocenters. The minimum Gasteiger partial charge on any atom is -0.431 e. The van der Waals surface area contributed by atoms with Crippen LogP contribution in [0.2, 0.25) is 0 Å². The summed E-state index contributed by atoms with van der Waals surface area (Å²) in [6.07, 6.45) is 11.9. The number of thiophene rings is 1. The zero-order valence-electron chi connectivity index (χ0n) is 9.91. The van der Waals surface area contributed by atoms with Crippen molar-refractivity contribution in [2.24, 2.45) is 11.8 Å². The number of rotatable bonds is 2. The van der Waals surface area contributed by atoms with Crippen molar-refractivity contribution in [1.29, 1.82) is 0 Å². The first-order chi connectivity index (χ1) is 8.83. The molecule has 18 heavy (non-hydrogen) atoms. The van der Waals surface area contributed by atoms with Gasteiger partial charge in [-0.3, -0.25) is 4.79 Å². The third-order valence-corrected chi connectivity index (χ3v) is 4.07. The highest BCUT2D eigenvalue weighted by molar-refractivity contribution is 7.08. The quantitative estimate of drug-likeness (QED) is 0.754. The van der Waals surface area contributed by atoms with Gasteiger partial charge in [-0.1, -0.05) is 24.3 Å². The molecule has 2 nitrogen and oxygen atoms in total. The number of esters is 1. The van der Waals surface area contributed by atoms with Crippen molar-refractivity contribution in [2.45, 2.75) is 12.8 Å². The zero-order chi connectivity index (χ0) is 12.4. The van der Waals surface area contributed by atoms with E-state index in [-0.39, 0.29) is 11.9 Å². The lowest BCUT2D eigenvalue weighted by atomic mass is 9.84. The SMILES string of the molecule is O=C1CC(C2C=CC=CC2)/C(=C/c2ccsc2)O1. The molecular formula is C15H14O2S. The van der Waals surface area contributed by atoms with Crippen LogP contribution >= 0.6 is 11.3 Å². The van der Waals surface area contributed by atoms with E-state index >= 15 is 0 Å². The topological polar surface area (TPSA) is 26.3 Å². The van der Waals surface area contributed by atoms with Crippen LogP contribution in [0.4, 0.5) is 0 Å². The van der Waals surface area contributed by atoms with Gasteiger partial charge in [-0.2, -0.15) is 11.3 Å². The molecule has 3 heteroatoms. The van der Waals surface area contributed by atoms with Gasteiger partial charge < -0.3 is 4.74 Å². The average Bonchev–Trinajstić information content (AvgIpc) is 3.01. The van der Waals surface area contributed by atoms with Crippen molar-refractivity contribution in [3.8, 4) is 0 Å². The van der Waals surface area contributed by atoms with E-state index in [2.05, 4.69) is 29.7 Å². The summed E-state index contributed by atoms with van der Waals surface area (Å²) in [5.74, 6) is 1.29. The first kappa shape index (κ1) is 11.5. The largest absolute Gasteiger partial charge is 0.431 e. The number of allylic oxidation sites excluding steroid dienone is 5. The number of carbonyl (C=O) groups is 1. The Morgan fingerprint density at radius 3 is 3.06 bits per heavy atom. The molecule has 1 saturated heterocycles. The van der Waals surface area contributed by atoms with Gasteiger partial charge in [0.25, 0.3) is 0 Å². The van der Waals surface area contributed by atoms with Gasteiger partial charge in [0.15, 0.2) is 0 Å². The van der Waals surface area contributed by atoms with Crippen molar-refractivity contribution < 1.29 is 9.53 Å². The normalized spacial score (nSPS) is 28.9. The molecule has 1 fully saturated rings. The highest BCUT2D eigenvalue weighted by Crippen LogP contribution is 2.37. The fourth-order valence-electron chi connectivity index (χ4n) is 2.45. The molecule has 0 aromatic carbocycles. The van der Waals surface area contributed by atoms with E-state index in [0.29, 0.717) is 12.3 Å². The Morgan fingerprint density at radius 2 is 2.33 bits per heavy atom. The van der Waals surface area contributed by atoms with Crippen molar-refractivity contribution in [1.82, 2.24) is 0 Å². The lowest BCUT2D eigenvalue weighted by Gasteiger charge is -2.19. The van der Waals surface area contributed by atoms with Gasteiger partial charge in [-0.25, -0.2) is 0 Å². The Morgan fingerprint density at radius 1 is 1.39 bits per heavy atom. The summed E-state index contributed by atoms with van der Waals surface area (Å²) in [7, 11) is 0. The molecule has 1 aliphatic carbocycles. The van der Waals surface area contributed by atoms with Crippen molar-refractivity contribution >= 4 is 23.4 Å². The molecule has 1 aliphatic heterocycles. The van der Waals surface area contributed by atoms with E-state index in [4.69, 9.17) is 4.74 Å². The molecule has 2 unspecified atom stereocenters. The Hall–Kier alpha value is -1.61.